The van der Waals surface area contributed by atoms with Crippen LogP contribution >= 0.6 is 46.3 Å². The number of thioether (sulfide) groups is 1. The Labute approximate surface area is 176 Å². The Bertz CT molecular complexity index is 955. The molecule has 0 saturated carbocycles. The predicted octanol–water partition coefficient (Wildman–Crippen LogP) is 5.63. The summed E-state index contributed by atoms with van der Waals surface area (Å²) in [5, 5.41) is 15.1. The van der Waals surface area contributed by atoms with Crippen molar-refractivity contribution in [2.75, 3.05) is 11.1 Å². The fourth-order valence-electron chi connectivity index (χ4n) is 2.48. The number of nitrogens with zero attached hydrogens (tertiary/aromatic N) is 3. The van der Waals surface area contributed by atoms with Crippen molar-refractivity contribution < 1.29 is 4.79 Å². The SMILES string of the molecule is CCc1cc(-c2nnc(SCC(=O)Nc3ccc(Cl)c(Cl)c3)n2CC)cs1. The van der Waals surface area contributed by atoms with Crippen LogP contribution in [0.1, 0.15) is 18.7 Å². The van der Waals surface area contributed by atoms with Crippen molar-refractivity contribution in [1.82, 2.24) is 14.8 Å². The van der Waals surface area contributed by atoms with Crippen LogP contribution in [0.3, 0.4) is 0 Å². The lowest BCUT2D eigenvalue weighted by Crippen LogP contribution is -2.14. The maximum atomic E-state index is 12.2. The van der Waals surface area contributed by atoms with Gasteiger partial charge in [0, 0.05) is 28.1 Å². The van der Waals surface area contributed by atoms with Gasteiger partial charge in [-0.2, -0.15) is 0 Å². The molecule has 0 bridgehead atoms. The molecule has 0 atom stereocenters. The van der Waals surface area contributed by atoms with Crippen LogP contribution < -0.4 is 5.32 Å². The van der Waals surface area contributed by atoms with Crippen molar-refractivity contribution in [2.24, 2.45) is 0 Å². The molecule has 1 amide bonds. The van der Waals surface area contributed by atoms with Crippen molar-refractivity contribution in [3.05, 3.63) is 44.6 Å². The average Bonchev–Trinajstić information content (AvgIpc) is 3.29. The van der Waals surface area contributed by atoms with Gasteiger partial charge in [0.15, 0.2) is 11.0 Å². The number of thiophene rings is 1. The third kappa shape index (κ3) is 4.85. The van der Waals surface area contributed by atoms with Crippen LogP contribution in [-0.4, -0.2) is 26.4 Å². The highest BCUT2D eigenvalue weighted by Gasteiger charge is 2.16. The molecule has 142 valence electrons. The van der Waals surface area contributed by atoms with Gasteiger partial charge in [0.1, 0.15) is 0 Å². The first-order valence-corrected chi connectivity index (χ1v) is 11.0. The van der Waals surface area contributed by atoms with Crippen molar-refractivity contribution in [3.8, 4) is 11.4 Å². The maximum Gasteiger partial charge on any atom is 0.234 e. The van der Waals surface area contributed by atoms with Crippen LogP contribution in [-0.2, 0) is 17.8 Å². The highest BCUT2D eigenvalue weighted by molar-refractivity contribution is 7.99. The normalized spacial score (nSPS) is 11.0. The lowest BCUT2D eigenvalue weighted by atomic mass is 10.2. The molecule has 0 aliphatic carbocycles. The lowest BCUT2D eigenvalue weighted by molar-refractivity contribution is -0.113. The number of halogens is 2. The Morgan fingerprint density at radius 3 is 2.70 bits per heavy atom. The monoisotopic (exact) mass is 440 g/mol. The van der Waals surface area contributed by atoms with E-state index in [-0.39, 0.29) is 11.7 Å². The van der Waals surface area contributed by atoms with E-state index in [1.807, 2.05) is 11.5 Å². The molecule has 0 aliphatic heterocycles. The molecular weight excluding hydrogens is 423 g/mol. The Kier molecular flexibility index (Phi) is 6.81. The molecule has 0 fully saturated rings. The Balaban J connectivity index is 1.67. The van der Waals surface area contributed by atoms with Gasteiger partial charge >= 0.3 is 0 Å². The summed E-state index contributed by atoms with van der Waals surface area (Å²) in [5.41, 5.74) is 1.68. The van der Waals surface area contributed by atoms with E-state index >= 15 is 0 Å². The van der Waals surface area contributed by atoms with Gasteiger partial charge in [-0.25, -0.2) is 0 Å². The van der Waals surface area contributed by atoms with Crippen LogP contribution in [0.4, 0.5) is 5.69 Å². The minimum atomic E-state index is -0.144. The molecule has 27 heavy (non-hydrogen) atoms. The van der Waals surface area contributed by atoms with Gasteiger partial charge in [0.05, 0.1) is 15.8 Å². The number of aryl methyl sites for hydroxylation is 1. The Morgan fingerprint density at radius 2 is 2.04 bits per heavy atom. The highest BCUT2D eigenvalue weighted by Crippen LogP contribution is 2.28. The Hall–Kier alpha value is -1.54. The zero-order chi connectivity index (χ0) is 19.4. The zero-order valence-corrected chi connectivity index (χ0v) is 18.0. The van der Waals surface area contributed by atoms with Crippen molar-refractivity contribution in [2.45, 2.75) is 32.0 Å². The molecule has 0 spiro atoms. The third-order valence-electron chi connectivity index (χ3n) is 3.83. The smallest absolute Gasteiger partial charge is 0.234 e. The van der Waals surface area contributed by atoms with E-state index < -0.39 is 0 Å². The molecule has 9 heteroatoms. The zero-order valence-electron chi connectivity index (χ0n) is 14.8. The summed E-state index contributed by atoms with van der Waals surface area (Å²) in [5.74, 6) is 0.914. The molecule has 2 aromatic heterocycles. The summed E-state index contributed by atoms with van der Waals surface area (Å²) in [7, 11) is 0. The highest BCUT2D eigenvalue weighted by atomic mass is 35.5. The van der Waals surface area contributed by atoms with E-state index in [0.717, 1.165) is 29.5 Å². The number of carbonyl (C=O) groups is 1. The number of rotatable bonds is 7. The van der Waals surface area contributed by atoms with E-state index in [1.54, 1.807) is 29.5 Å². The number of nitrogens with one attached hydrogen (secondary N) is 1. The number of hydrogen-bond donors (Lipinski definition) is 1. The second-order valence-corrected chi connectivity index (χ2v) is 8.42. The molecule has 5 nitrogen and oxygen atoms in total. The van der Waals surface area contributed by atoms with Crippen molar-refractivity contribution in [3.63, 3.8) is 0 Å². The molecule has 3 aromatic rings. The topological polar surface area (TPSA) is 59.8 Å². The van der Waals surface area contributed by atoms with Crippen LogP contribution in [0, 0.1) is 0 Å². The minimum absolute atomic E-state index is 0.144. The number of amides is 1. The molecule has 3 rings (SSSR count). The van der Waals surface area contributed by atoms with E-state index in [0.29, 0.717) is 15.7 Å². The van der Waals surface area contributed by atoms with E-state index in [2.05, 4.69) is 33.9 Å². The van der Waals surface area contributed by atoms with Gasteiger partial charge in [-0.1, -0.05) is 41.9 Å². The number of carbonyl (C=O) groups excluding carboxylic acids is 1. The quantitative estimate of drug-likeness (QED) is 0.483. The average molecular weight is 441 g/mol. The standard InChI is InChI=1S/C18H18Cl2N4OS2/c1-3-13-7-11(9-26-13)17-22-23-18(24(17)4-2)27-10-16(25)21-12-5-6-14(19)15(20)8-12/h5-9H,3-4,10H2,1-2H3,(H,21,25). The van der Waals surface area contributed by atoms with E-state index in [9.17, 15) is 4.79 Å². The summed E-state index contributed by atoms with van der Waals surface area (Å²) >= 11 is 14.9. The van der Waals surface area contributed by atoms with E-state index in [4.69, 9.17) is 23.2 Å². The molecule has 1 N–H and O–H groups in total. The molecule has 0 aliphatic rings. The van der Waals surface area contributed by atoms with Crippen molar-refractivity contribution in [1.29, 1.82) is 0 Å². The fourth-order valence-corrected chi connectivity index (χ4v) is 4.39. The molecule has 0 radical (unpaired) electrons. The first-order chi connectivity index (χ1) is 13.0. The van der Waals surface area contributed by atoms with Gasteiger partial charge in [-0.05, 0) is 37.6 Å². The summed E-state index contributed by atoms with van der Waals surface area (Å²) in [6.45, 7) is 4.91. The van der Waals surface area contributed by atoms with E-state index in [1.165, 1.54) is 16.6 Å². The van der Waals surface area contributed by atoms with Crippen LogP contribution in [0.5, 0.6) is 0 Å². The summed E-state index contributed by atoms with van der Waals surface area (Å²) < 4.78 is 2.03. The largest absolute Gasteiger partial charge is 0.325 e. The summed E-state index contributed by atoms with van der Waals surface area (Å²) in [4.78, 5) is 13.5. The van der Waals surface area contributed by atoms with Gasteiger partial charge in [0.2, 0.25) is 5.91 Å². The first-order valence-electron chi connectivity index (χ1n) is 8.40. The fraction of sp³-hybridized carbons (Fsp3) is 0.278. The van der Waals surface area contributed by atoms with Crippen LogP contribution in [0.15, 0.2) is 34.8 Å². The maximum absolute atomic E-state index is 12.2. The second-order valence-electron chi connectivity index (χ2n) is 5.67. The second kappa shape index (κ2) is 9.10. The lowest BCUT2D eigenvalue weighted by Gasteiger charge is -2.08. The first kappa shape index (κ1) is 20.2. The number of anilines is 1. The predicted molar refractivity (Wildman–Crippen MR) is 114 cm³/mol. The summed E-state index contributed by atoms with van der Waals surface area (Å²) in [6.07, 6.45) is 1.00. The molecule has 1 aromatic carbocycles. The molecule has 0 unspecified atom stereocenters. The molecule has 0 saturated heterocycles. The van der Waals surface area contributed by atoms with Crippen LogP contribution in [0.25, 0.3) is 11.4 Å². The summed E-state index contributed by atoms with van der Waals surface area (Å²) in [6, 6.07) is 7.14. The van der Waals surface area contributed by atoms with Crippen molar-refractivity contribution >= 4 is 57.9 Å². The third-order valence-corrected chi connectivity index (χ3v) is 6.62. The molecular formula is C18H18Cl2N4OS2. The van der Waals surface area contributed by atoms with Gasteiger partial charge in [-0.3, -0.25) is 4.79 Å². The molecule has 2 heterocycles. The van der Waals surface area contributed by atoms with Crippen LogP contribution in [0.2, 0.25) is 10.0 Å². The van der Waals surface area contributed by atoms with Gasteiger partial charge in [-0.15, -0.1) is 21.5 Å². The Morgan fingerprint density at radius 1 is 1.22 bits per heavy atom. The van der Waals surface area contributed by atoms with Gasteiger partial charge < -0.3 is 9.88 Å². The van der Waals surface area contributed by atoms with Gasteiger partial charge in [0.25, 0.3) is 0 Å². The number of aromatic nitrogens is 3. The minimum Gasteiger partial charge on any atom is -0.325 e. The number of benzene rings is 1. The number of hydrogen-bond acceptors (Lipinski definition) is 5.